The molecule has 1 atom stereocenters. The maximum absolute atomic E-state index is 5.80. The molecule has 2 rings (SSSR count). The van der Waals surface area contributed by atoms with E-state index >= 15 is 0 Å². The first-order valence-electron chi connectivity index (χ1n) is 5.49. The molecule has 0 aromatic carbocycles. The molecule has 0 aliphatic carbocycles. The summed E-state index contributed by atoms with van der Waals surface area (Å²) in [5.74, 6) is 1.29. The molecule has 15 heavy (non-hydrogen) atoms. The van der Waals surface area contributed by atoms with Gasteiger partial charge in [0.25, 0.3) is 0 Å². The Balaban J connectivity index is 2.15. The van der Waals surface area contributed by atoms with Crippen LogP contribution in [-0.4, -0.2) is 17.6 Å². The van der Waals surface area contributed by atoms with Crippen molar-refractivity contribution in [3.05, 3.63) is 11.1 Å². The van der Waals surface area contributed by atoms with Gasteiger partial charge in [-0.3, -0.25) is 0 Å². The van der Waals surface area contributed by atoms with Gasteiger partial charge in [0.05, 0.1) is 5.88 Å². The Kier molecular flexibility index (Phi) is 3.52. The second-order valence-corrected chi connectivity index (χ2v) is 5.75. The summed E-state index contributed by atoms with van der Waals surface area (Å²) >= 11 is 7.53. The third-order valence-corrected chi connectivity index (χ3v) is 4.47. The van der Waals surface area contributed by atoms with Crippen LogP contribution in [0.15, 0.2) is 6.20 Å². The number of thiazole rings is 1. The van der Waals surface area contributed by atoms with Crippen LogP contribution in [0.5, 0.6) is 0 Å². The Morgan fingerprint density at radius 2 is 2.47 bits per heavy atom. The lowest BCUT2D eigenvalue weighted by atomic mass is 10.0. The molecule has 1 unspecified atom stereocenters. The Hall–Kier alpha value is -0.280. The SMILES string of the molecule is CC(C)C1CCCN1c1ncc(CCl)s1. The number of aromatic nitrogens is 1. The average molecular weight is 245 g/mol. The lowest BCUT2D eigenvalue weighted by molar-refractivity contribution is 0.491. The van der Waals surface area contributed by atoms with Gasteiger partial charge in [-0.05, 0) is 18.8 Å². The van der Waals surface area contributed by atoms with E-state index < -0.39 is 0 Å². The number of halogens is 1. The molecule has 2 nitrogen and oxygen atoms in total. The molecule has 1 aromatic rings. The van der Waals surface area contributed by atoms with Crippen LogP contribution in [-0.2, 0) is 5.88 Å². The summed E-state index contributed by atoms with van der Waals surface area (Å²) in [6.07, 6.45) is 4.49. The van der Waals surface area contributed by atoms with E-state index in [9.17, 15) is 0 Å². The van der Waals surface area contributed by atoms with Gasteiger partial charge < -0.3 is 4.90 Å². The minimum absolute atomic E-state index is 0.581. The fourth-order valence-electron chi connectivity index (χ4n) is 2.21. The number of anilines is 1. The summed E-state index contributed by atoms with van der Waals surface area (Å²) in [7, 11) is 0. The van der Waals surface area contributed by atoms with E-state index in [0.717, 1.165) is 11.7 Å². The molecule has 1 aliphatic rings. The molecule has 1 fully saturated rings. The maximum Gasteiger partial charge on any atom is 0.185 e. The minimum atomic E-state index is 0.581. The van der Waals surface area contributed by atoms with Crippen molar-refractivity contribution in [1.29, 1.82) is 0 Å². The van der Waals surface area contributed by atoms with Crippen LogP contribution in [0.1, 0.15) is 31.6 Å². The van der Waals surface area contributed by atoms with Crippen molar-refractivity contribution in [3.63, 3.8) is 0 Å². The van der Waals surface area contributed by atoms with E-state index in [-0.39, 0.29) is 0 Å². The van der Waals surface area contributed by atoms with E-state index in [2.05, 4.69) is 23.7 Å². The van der Waals surface area contributed by atoms with Crippen molar-refractivity contribution in [3.8, 4) is 0 Å². The first-order chi connectivity index (χ1) is 7.22. The monoisotopic (exact) mass is 244 g/mol. The highest BCUT2D eigenvalue weighted by molar-refractivity contribution is 7.15. The Labute approximate surface area is 100 Å². The fraction of sp³-hybridized carbons (Fsp3) is 0.727. The number of hydrogen-bond donors (Lipinski definition) is 0. The van der Waals surface area contributed by atoms with Crippen molar-refractivity contribution < 1.29 is 0 Å². The first-order valence-corrected chi connectivity index (χ1v) is 6.84. The smallest absolute Gasteiger partial charge is 0.185 e. The van der Waals surface area contributed by atoms with Gasteiger partial charge in [0.1, 0.15) is 0 Å². The van der Waals surface area contributed by atoms with Crippen LogP contribution < -0.4 is 4.90 Å². The van der Waals surface area contributed by atoms with Crippen LogP contribution in [0.3, 0.4) is 0 Å². The van der Waals surface area contributed by atoms with E-state index in [0.29, 0.717) is 17.8 Å². The molecular weight excluding hydrogens is 228 g/mol. The summed E-state index contributed by atoms with van der Waals surface area (Å²) in [4.78, 5) is 8.08. The number of alkyl halides is 1. The Morgan fingerprint density at radius 1 is 1.67 bits per heavy atom. The number of hydrogen-bond acceptors (Lipinski definition) is 3. The molecule has 0 N–H and O–H groups in total. The van der Waals surface area contributed by atoms with Crippen molar-refractivity contribution in [1.82, 2.24) is 4.98 Å². The van der Waals surface area contributed by atoms with Gasteiger partial charge >= 0.3 is 0 Å². The van der Waals surface area contributed by atoms with E-state index in [1.807, 2.05) is 6.20 Å². The van der Waals surface area contributed by atoms with Gasteiger partial charge in [-0.1, -0.05) is 13.8 Å². The molecule has 0 amide bonds. The van der Waals surface area contributed by atoms with Crippen molar-refractivity contribution in [2.24, 2.45) is 5.92 Å². The van der Waals surface area contributed by atoms with Crippen LogP contribution in [0.25, 0.3) is 0 Å². The second kappa shape index (κ2) is 4.71. The summed E-state index contributed by atoms with van der Waals surface area (Å²) in [5, 5.41) is 1.15. The zero-order chi connectivity index (χ0) is 10.8. The molecule has 1 saturated heterocycles. The van der Waals surface area contributed by atoms with Crippen LogP contribution in [0.2, 0.25) is 0 Å². The van der Waals surface area contributed by atoms with Crippen LogP contribution in [0, 0.1) is 5.92 Å². The largest absolute Gasteiger partial charge is 0.345 e. The van der Waals surface area contributed by atoms with Crippen molar-refractivity contribution >= 4 is 28.1 Å². The molecule has 0 radical (unpaired) electrons. The van der Waals surface area contributed by atoms with E-state index in [1.165, 1.54) is 17.7 Å². The molecule has 4 heteroatoms. The highest BCUT2D eigenvalue weighted by atomic mass is 35.5. The quantitative estimate of drug-likeness (QED) is 0.757. The molecule has 0 bridgehead atoms. The number of nitrogens with zero attached hydrogens (tertiary/aromatic N) is 2. The Morgan fingerprint density at radius 3 is 3.07 bits per heavy atom. The second-order valence-electron chi connectivity index (χ2n) is 4.39. The van der Waals surface area contributed by atoms with Crippen LogP contribution in [0.4, 0.5) is 5.13 Å². The third-order valence-electron chi connectivity index (χ3n) is 2.99. The van der Waals surface area contributed by atoms with E-state index in [4.69, 9.17) is 11.6 Å². The molecule has 0 spiro atoms. The van der Waals surface area contributed by atoms with E-state index in [1.54, 1.807) is 11.3 Å². The van der Waals surface area contributed by atoms with Crippen molar-refractivity contribution in [2.45, 2.75) is 38.6 Å². The highest BCUT2D eigenvalue weighted by Crippen LogP contribution is 2.32. The minimum Gasteiger partial charge on any atom is -0.345 e. The molecule has 1 aliphatic heterocycles. The van der Waals surface area contributed by atoms with Gasteiger partial charge in [0.15, 0.2) is 5.13 Å². The normalized spacial score (nSPS) is 21.6. The zero-order valence-corrected chi connectivity index (χ0v) is 10.8. The molecule has 1 aromatic heterocycles. The van der Waals surface area contributed by atoms with Gasteiger partial charge in [0.2, 0.25) is 0 Å². The van der Waals surface area contributed by atoms with Gasteiger partial charge in [-0.15, -0.1) is 22.9 Å². The lowest BCUT2D eigenvalue weighted by Crippen LogP contribution is -2.33. The molecular formula is C11H17ClN2S. The summed E-state index contributed by atoms with van der Waals surface area (Å²) in [5.41, 5.74) is 0. The number of rotatable bonds is 3. The van der Waals surface area contributed by atoms with Gasteiger partial charge in [-0.2, -0.15) is 0 Å². The predicted octanol–water partition coefficient (Wildman–Crippen LogP) is 3.51. The summed E-state index contributed by atoms with van der Waals surface area (Å²) in [6, 6.07) is 0.666. The molecule has 2 heterocycles. The van der Waals surface area contributed by atoms with Gasteiger partial charge in [-0.25, -0.2) is 4.98 Å². The highest BCUT2D eigenvalue weighted by Gasteiger charge is 2.28. The molecule has 0 saturated carbocycles. The van der Waals surface area contributed by atoms with Crippen LogP contribution >= 0.6 is 22.9 Å². The first kappa shape index (κ1) is 11.2. The van der Waals surface area contributed by atoms with Crippen molar-refractivity contribution in [2.75, 3.05) is 11.4 Å². The average Bonchev–Trinajstić information content (AvgIpc) is 2.85. The topological polar surface area (TPSA) is 16.1 Å². The van der Waals surface area contributed by atoms with Gasteiger partial charge in [0, 0.05) is 23.7 Å². The Bertz CT molecular complexity index is 324. The zero-order valence-electron chi connectivity index (χ0n) is 9.24. The summed E-state index contributed by atoms with van der Waals surface area (Å²) < 4.78 is 0. The summed E-state index contributed by atoms with van der Waals surface area (Å²) in [6.45, 7) is 5.73. The maximum atomic E-state index is 5.80. The standard InChI is InChI=1S/C11H17ClN2S/c1-8(2)10-4-3-5-14(10)11-13-7-9(6-12)15-11/h7-8,10H,3-6H2,1-2H3. The lowest BCUT2D eigenvalue weighted by Gasteiger charge is -2.27. The third kappa shape index (κ3) is 2.28. The predicted molar refractivity (Wildman–Crippen MR) is 66.9 cm³/mol. The fourth-order valence-corrected chi connectivity index (χ4v) is 3.29. The molecule has 84 valence electrons.